The molecule has 0 aliphatic carbocycles. The Morgan fingerprint density at radius 3 is 2.44 bits per heavy atom. The number of nitrogens with zero attached hydrogens (tertiary/aromatic N) is 1. The first-order valence-corrected chi connectivity index (χ1v) is 5.48. The molecular weight excluding hydrogens is 210 g/mol. The van der Waals surface area contributed by atoms with Crippen molar-refractivity contribution in [3.05, 3.63) is 35.4 Å². The molecule has 1 aromatic carbocycles. The molecule has 0 radical (unpaired) electrons. The van der Waals surface area contributed by atoms with Crippen LogP contribution >= 0.6 is 0 Å². The summed E-state index contributed by atoms with van der Waals surface area (Å²) in [5.41, 5.74) is 6.01. The summed E-state index contributed by atoms with van der Waals surface area (Å²) in [5, 5.41) is 0. The highest BCUT2D eigenvalue weighted by Gasteiger charge is 2.27. The zero-order valence-corrected chi connectivity index (χ0v) is 9.29. The highest BCUT2D eigenvalue weighted by Crippen LogP contribution is 2.20. The highest BCUT2D eigenvalue weighted by molar-refractivity contribution is 5.19. The van der Waals surface area contributed by atoms with Gasteiger partial charge in [0.05, 0.1) is 0 Å². The van der Waals surface area contributed by atoms with E-state index in [4.69, 9.17) is 5.73 Å². The number of hydrogen-bond donors (Lipinski definition) is 1. The summed E-state index contributed by atoms with van der Waals surface area (Å²) in [5.74, 6) is -0.573. The van der Waals surface area contributed by atoms with Crippen molar-refractivity contribution in [1.29, 1.82) is 0 Å². The van der Waals surface area contributed by atoms with Gasteiger partial charge in [-0.05, 0) is 18.1 Å². The third-order valence-corrected chi connectivity index (χ3v) is 3.19. The van der Waals surface area contributed by atoms with Crippen LogP contribution in [0.5, 0.6) is 0 Å². The molecule has 0 amide bonds. The zero-order valence-electron chi connectivity index (χ0n) is 9.29. The molecule has 1 heterocycles. The molecule has 1 fully saturated rings. The predicted molar refractivity (Wildman–Crippen MR) is 58.8 cm³/mol. The normalized spacial score (nSPS) is 26.2. The van der Waals surface area contributed by atoms with E-state index in [1.54, 1.807) is 0 Å². The molecule has 2 unspecified atom stereocenters. The van der Waals surface area contributed by atoms with Gasteiger partial charge in [-0.1, -0.05) is 13.0 Å². The quantitative estimate of drug-likeness (QED) is 0.832. The van der Waals surface area contributed by atoms with Crippen LogP contribution in [0.1, 0.15) is 12.5 Å². The van der Waals surface area contributed by atoms with Crippen LogP contribution in [0.2, 0.25) is 0 Å². The van der Waals surface area contributed by atoms with Crippen molar-refractivity contribution in [1.82, 2.24) is 4.90 Å². The van der Waals surface area contributed by atoms with E-state index in [1.807, 2.05) is 4.90 Å². The van der Waals surface area contributed by atoms with Crippen LogP contribution in [0, 0.1) is 17.6 Å². The van der Waals surface area contributed by atoms with Crippen molar-refractivity contribution in [2.45, 2.75) is 19.5 Å². The Morgan fingerprint density at radius 1 is 1.31 bits per heavy atom. The summed E-state index contributed by atoms with van der Waals surface area (Å²) in [6.07, 6.45) is 0. The lowest BCUT2D eigenvalue weighted by atomic mass is 10.1. The minimum absolute atomic E-state index is 0.106. The minimum atomic E-state index is -0.479. The number of halogens is 2. The standard InChI is InChI=1S/C12H16F2N2/c1-8-5-16(7-12(8)15)6-9-10(13)3-2-4-11(9)14/h2-4,8,12H,5-7,15H2,1H3. The van der Waals surface area contributed by atoms with Gasteiger partial charge in [0.25, 0.3) is 0 Å². The van der Waals surface area contributed by atoms with E-state index in [2.05, 4.69) is 6.92 Å². The van der Waals surface area contributed by atoms with Crippen LogP contribution < -0.4 is 5.73 Å². The van der Waals surface area contributed by atoms with Crippen molar-refractivity contribution in [3.63, 3.8) is 0 Å². The van der Waals surface area contributed by atoms with E-state index in [-0.39, 0.29) is 11.6 Å². The molecule has 0 bridgehead atoms. The summed E-state index contributed by atoms with van der Waals surface area (Å²) >= 11 is 0. The van der Waals surface area contributed by atoms with Gasteiger partial charge in [0.15, 0.2) is 0 Å². The Balaban J connectivity index is 2.10. The van der Waals surface area contributed by atoms with Gasteiger partial charge in [-0.2, -0.15) is 0 Å². The smallest absolute Gasteiger partial charge is 0.130 e. The maximum absolute atomic E-state index is 13.4. The fourth-order valence-corrected chi connectivity index (χ4v) is 2.13. The Morgan fingerprint density at radius 2 is 1.94 bits per heavy atom. The van der Waals surface area contributed by atoms with Crippen molar-refractivity contribution in [3.8, 4) is 0 Å². The van der Waals surface area contributed by atoms with Crippen LogP contribution in [0.15, 0.2) is 18.2 Å². The molecule has 88 valence electrons. The molecule has 1 saturated heterocycles. The van der Waals surface area contributed by atoms with Gasteiger partial charge in [0, 0.05) is 31.2 Å². The second-order valence-corrected chi connectivity index (χ2v) is 4.54. The Labute approximate surface area is 94.0 Å². The molecule has 0 saturated carbocycles. The number of likely N-dealkylation sites (tertiary alicyclic amines) is 1. The fourth-order valence-electron chi connectivity index (χ4n) is 2.13. The van der Waals surface area contributed by atoms with Gasteiger partial charge < -0.3 is 5.73 Å². The maximum Gasteiger partial charge on any atom is 0.130 e. The molecule has 2 nitrogen and oxygen atoms in total. The SMILES string of the molecule is CC1CN(Cc2c(F)cccc2F)CC1N. The van der Waals surface area contributed by atoms with Crippen LogP contribution in [-0.4, -0.2) is 24.0 Å². The summed E-state index contributed by atoms with van der Waals surface area (Å²) in [6, 6.07) is 4.07. The summed E-state index contributed by atoms with van der Waals surface area (Å²) in [4.78, 5) is 2.00. The first kappa shape index (κ1) is 11.5. The molecule has 1 aromatic rings. The Kier molecular flexibility index (Phi) is 3.21. The van der Waals surface area contributed by atoms with E-state index in [0.717, 1.165) is 6.54 Å². The maximum atomic E-state index is 13.4. The van der Waals surface area contributed by atoms with Gasteiger partial charge in [-0.25, -0.2) is 8.78 Å². The largest absolute Gasteiger partial charge is 0.326 e. The van der Waals surface area contributed by atoms with Crippen LogP contribution in [0.4, 0.5) is 8.78 Å². The van der Waals surface area contributed by atoms with Gasteiger partial charge in [-0.15, -0.1) is 0 Å². The molecule has 1 aliphatic heterocycles. The number of rotatable bonds is 2. The van der Waals surface area contributed by atoms with E-state index in [0.29, 0.717) is 19.0 Å². The zero-order chi connectivity index (χ0) is 11.7. The van der Waals surface area contributed by atoms with E-state index >= 15 is 0 Å². The first-order chi connectivity index (χ1) is 7.58. The van der Waals surface area contributed by atoms with Crippen LogP contribution in [0.25, 0.3) is 0 Å². The monoisotopic (exact) mass is 226 g/mol. The molecule has 4 heteroatoms. The van der Waals surface area contributed by atoms with Crippen molar-refractivity contribution in [2.75, 3.05) is 13.1 Å². The lowest BCUT2D eigenvalue weighted by molar-refractivity contribution is 0.307. The summed E-state index contributed by atoms with van der Waals surface area (Å²) in [7, 11) is 0. The van der Waals surface area contributed by atoms with Gasteiger partial charge in [0.2, 0.25) is 0 Å². The van der Waals surface area contributed by atoms with Crippen LogP contribution in [0.3, 0.4) is 0 Å². The number of hydrogen-bond acceptors (Lipinski definition) is 2. The lowest BCUT2D eigenvalue weighted by Crippen LogP contribution is -2.28. The van der Waals surface area contributed by atoms with Crippen molar-refractivity contribution >= 4 is 0 Å². The molecule has 0 aromatic heterocycles. The molecular formula is C12H16F2N2. The van der Waals surface area contributed by atoms with Crippen LogP contribution in [-0.2, 0) is 6.54 Å². The first-order valence-electron chi connectivity index (χ1n) is 5.48. The van der Waals surface area contributed by atoms with Gasteiger partial charge >= 0.3 is 0 Å². The fraction of sp³-hybridized carbons (Fsp3) is 0.500. The predicted octanol–water partition coefficient (Wildman–Crippen LogP) is 1.74. The number of nitrogens with two attached hydrogens (primary N) is 1. The molecule has 2 N–H and O–H groups in total. The van der Waals surface area contributed by atoms with Gasteiger partial charge in [0.1, 0.15) is 11.6 Å². The van der Waals surface area contributed by atoms with E-state index < -0.39 is 11.6 Å². The number of benzene rings is 1. The third-order valence-electron chi connectivity index (χ3n) is 3.19. The third kappa shape index (κ3) is 2.23. The van der Waals surface area contributed by atoms with Crippen molar-refractivity contribution < 1.29 is 8.78 Å². The topological polar surface area (TPSA) is 29.3 Å². The Hall–Kier alpha value is -1.00. The second-order valence-electron chi connectivity index (χ2n) is 4.54. The van der Waals surface area contributed by atoms with Gasteiger partial charge in [-0.3, -0.25) is 4.90 Å². The average molecular weight is 226 g/mol. The van der Waals surface area contributed by atoms with E-state index in [1.165, 1.54) is 18.2 Å². The molecule has 2 rings (SSSR count). The summed E-state index contributed by atoms with van der Waals surface area (Å²) < 4.78 is 26.8. The minimum Gasteiger partial charge on any atom is -0.326 e. The molecule has 1 aliphatic rings. The Bertz CT molecular complexity index is 351. The molecule has 0 spiro atoms. The highest BCUT2D eigenvalue weighted by atomic mass is 19.1. The lowest BCUT2D eigenvalue weighted by Gasteiger charge is -2.16. The molecule has 16 heavy (non-hydrogen) atoms. The van der Waals surface area contributed by atoms with E-state index in [9.17, 15) is 8.78 Å². The second kappa shape index (κ2) is 4.47. The summed E-state index contributed by atoms with van der Waals surface area (Å²) in [6.45, 7) is 3.86. The molecule has 2 atom stereocenters. The van der Waals surface area contributed by atoms with Crippen molar-refractivity contribution in [2.24, 2.45) is 11.7 Å². The average Bonchev–Trinajstić information content (AvgIpc) is 2.53.